The van der Waals surface area contributed by atoms with E-state index in [2.05, 4.69) is 71.9 Å². The van der Waals surface area contributed by atoms with E-state index in [1.54, 1.807) is 0 Å². The van der Waals surface area contributed by atoms with Gasteiger partial charge in [-0.25, -0.2) is 0 Å². The van der Waals surface area contributed by atoms with E-state index in [9.17, 15) is 5.11 Å². The van der Waals surface area contributed by atoms with Crippen LogP contribution in [-0.2, 0) is 4.43 Å². The molecule has 1 saturated carbocycles. The molecule has 1 heterocycles. The van der Waals surface area contributed by atoms with Crippen LogP contribution in [0.25, 0.3) is 0 Å². The topological polar surface area (TPSA) is 29.5 Å². The number of hydrogen-bond donors (Lipinski definition) is 1. The summed E-state index contributed by atoms with van der Waals surface area (Å²) in [6.45, 7) is 14.6. The molecule has 0 unspecified atom stereocenters. The SMILES string of the molecule is CC(C)(C)[Si]1(C(C)(C)C)O[C@@H]2CC[C@@H](CO)[C@@H]2[C@@H]1c1ccccc1. The van der Waals surface area contributed by atoms with Crippen LogP contribution < -0.4 is 0 Å². The fraction of sp³-hybridized carbons (Fsp3) is 0.714. The van der Waals surface area contributed by atoms with Gasteiger partial charge in [-0.3, -0.25) is 0 Å². The minimum absolute atomic E-state index is 0.149. The summed E-state index contributed by atoms with van der Waals surface area (Å²) in [6.07, 6.45) is 2.55. The lowest BCUT2D eigenvalue weighted by Gasteiger charge is -2.52. The highest BCUT2D eigenvalue weighted by atomic mass is 28.4. The summed E-state index contributed by atoms with van der Waals surface area (Å²) in [4.78, 5) is 0. The molecule has 2 aliphatic rings. The highest BCUT2D eigenvalue weighted by Gasteiger charge is 2.69. The molecular formula is C21H34O2Si. The first-order valence-corrected chi connectivity index (χ1v) is 11.5. The average molecular weight is 347 g/mol. The van der Waals surface area contributed by atoms with Crippen molar-refractivity contribution in [2.45, 2.75) is 76.1 Å². The molecule has 0 aromatic heterocycles. The van der Waals surface area contributed by atoms with Gasteiger partial charge >= 0.3 is 0 Å². The van der Waals surface area contributed by atoms with Gasteiger partial charge in [-0.05, 0) is 40.3 Å². The van der Waals surface area contributed by atoms with Crippen molar-refractivity contribution in [3.8, 4) is 0 Å². The van der Waals surface area contributed by atoms with Crippen molar-refractivity contribution < 1.29 is 9.53 Å². The van der Waals surface area contributed by atoms with E-state index >= 15 is 0 Å². The molecule has 1 aliphatic heterocycles. The molecule has 24 heavy (non-hydrogen) atoms. The Labute approximate surface area is 148 Å². The lowest BCUT2D eigenvalue weighted by molar-refractivity contribution is 0.144. The molecule has 0 amide bonds. The molecular weight excluding hydrogens is 312 g/mol. The molecule has 0 spiro atoms. The summed E-state index contributed by atoms with van der Waals surface area (Å²) >= 11 is 0. The molecule has 1 N–H and O–H groups in total. The second-order valence-corrected chi connectivity index (χ2v) is 15.2. The van der Waals surface area contributed by atoms with Crippen LogP contribution in [0.15, 0.2) is 30.3 Å². The van der Waals surface area contributed by atoms with Gasteiger partial charge in [0.15, 0.2) is 0 Å². The van der Waals surface area contributed by atoms with E-state index in [4.69, 9.17) is 4.43 Å². The molecule has 4 atom stereocenters. The highest BCUT2D eigenvalue weighted by Crippen LogP contribution is 2.67. The molecule has 1 aromatic carbocycles. The van der Waals surface area contributed by atoms with E-state index in [0.717, 1.165) is 12.8 Å². The molecule has 0 radical (unpaired) electrons. The third-order valence-corrected chi connectivity index (χ3v) is 13.3. The van der Waals surface area contributed by atoms with Crippen LogP contribution >= 0.6 is 0 Å². The molecule has 1 saturated heterocycles. The Morgan fingerprint density at radius 1 is 1.00 bits per heavy atom. The first kappa shape index (κ1) is 18.2. The number of hydrogen-bond acceptors (Lipinski definition) is 2. The van der Waals surface area contributed by atoms with Crippen molar-refractivity contribution in [3.05, 3.63) is 35.9 Å². The highest BCUT2D eigenvalue weighted by molar-refractivity contribution is 6.81. The van der Waals surface area contributed by atoms with Gasteiger partial charge in [0.1, 0.15) is 0 Å². The number of fused-ring (bicyclic) bond motifs is 1. The summed E-state index contributed by atoms with van der Waals surface area (Å²) in [5, 5.41) is 10.3. The maximum absolute atomic E-state index is 10.0. The smallest absolute Gasteiger partial charge is 0.211 e. The number of aliphatic hydroxyl groups is 1. The summed E-state index contributed by atoms with van der Waals surface area (Å²) < 4.78 is 7.13. The van der Waals surface area contributed by atoms with E-state index in [0.29, 0.717) is 30.1 Å². The van der Waals surface area contributed by atoms with Crippen LogP contribution in [0.5, 0.6) is 0 Å². The minimum Gasteiger partial charge on any atom is -0.412 e. The Balaban J connectivity index is 2.21. The zero-order valence-electron chi connectivity index (χ0n) is 16.2. The molecule has 1 aliphatic carbocycles. The Morgan fingerprint density at radius 3 is 2.08 bits per heavy atom. The normalized spacial score (nSPS) is 32.8. The lowest BCUT2D eigenvalue weighted by Crippen LogP contribution is -2.57. The van der Waals surface area contributed by atoms with E-state index < -0.39 is 8.32 Å². The third kappa shape index (κ3) is 2.51. The fourth-order valence-corrected chi connectivity index (χ4v) is 13.4. The van der Waals surface area contributed by atoms with Crippen LogP contribution in [-0.4, -0.2) is 26.1 Å². The summed E-state index contributed by atoms with van der Waals surface area (Å²) in [7, 11) is -2.17. The second-order valence-electron chi connectivity index (χ2n) is 9.88. The largest absolute Gasteiger partial charge is 0.412 e. The second kappa shape index (κ2) is 5.96. The van der Waals surface area contributed by atoms with E-state index in [1.807, 2.05) is 0 Å². The van der Waals surface area contributed by atoms with Crippen LogP contribution in [0.1, 0.15) is 65.5 Å². The van der Waals surface area contributed by atoms with Gasteiger partial charge < -0.3 is 9.53 Å². The molecule has 3 heteroatoms. The van der Waals surface area contributed by atoms with Crippen molar-refractivity contribution in [1.82, 2.24) is 0 Å². The maximum atomic E-state index is 10.0. The van der Waals surface area contributed by atoms with Gasteiger partial charge in [0.25, 0.3) is 0 Å². The van der Waals surface area contributed by atoms with Gasteiger partial charge in [-0.15, -0.1) is 0 Å². The molecule has 3 rings (SSSR count). The van der Waals surface area contributed by atoms with Crippen LogP contribution in [0.2, 0.25) is 10.1 Å². The summed E-state index contributed by atoms with van der Waals surface area (Å²) in [6, 6.07) is 11.0. The number of rotatable bonds is 2. The predicted octanol–water partition coefficient (Wildman–Crippen LogP) is 5.27. The number of aliphatic hydroxyl groups excluding tert-OH is 1. The Morgan fingerprint density at radius 2 is 1.58 bits per heavy atom. The minimum atomic E-state index is -2.17. The zero-order valence-corrected chi connectivity index (χ0v) is 17.2. The molecule has 1 aromatic rings. The van der Waals surface area contributed by atoms with Gasteiger partial charge in [-0.1, -0.05) is 71.9 Å². The first-order valence-electron chi connectivity index (χ1n) is 9.47. The van der Waals surface area contributed by atoms with E-state index in [-0.39, 0.29) is 10.1 Å². The summed E-state index contributed by atoms with van der Waals surface area (Å²) in [5.74, 6) is 0.863. The molecule has 2 fully saturated rings. The molecule has 2 nitrogen and oxygen atoms in total. The molecule has 134 valence electrons. The van der Waals surface area contributed by atoms with Crippen molar-refractivity contribution in [3.63, 3.8) is 0 Å². The predicted molar refractivity (Wildman–Crippen MR) is 103 cm³/mol. The summed E-state index contributed by atoms with van der Waals surface area (Å²) in [5.41, 5.74) is 1.89. The van der Waals surface area contributed by atoms with Crippen LogP contribution in [0.4, 0.5) is 0 Å². The van der Waals surface area contributed by atoms with Crippen molar-refractivity contribution in [1.29, 1.82) is 0 Å². The monoisotopic (exact) mass is 346 g/mol. The van der Waals surface area contributed by atoms with Crippen LogP contribution in [0.3, 0.4) is 0 Å². The van der Waals surface area contributed by atoms with Gasteiger partial charge in [0.2, 0.25) is 8.32 Å². The number of benzene rings is 1. The molecule has 0 bridgehead atoms. The average Bonchev–Trinajstić information content (AvgIpc) is 3.03. The van der Waals surface area contributed by atoms with Crippen molar-refractivity contribution >= 4 is 8.32 Å². The lowest BCUT2D eigenvalue weighted by atomic mass is 9.88. The van der Waals surface area contributed by atoms with Gasteiger partial charge in [0, 0.05) is 18.3 Å². The van der Waals surface area contributed by atoms with Crippen molar-refractivity contribution in [2.24, 2.45) is 11.8 Å². The quantitative estimate of drug-likeness (QED) is 0.739. The first-order chi connectivity index (χ1) is 11.1. The van der Waals surface area contributed by atoms with Crippen LogP contribution in [0, 0.1) is 11.8 Å². The maximum Gasteiger partial charge on any atom is 0.211 e. The Hall–Kier alpha value is -0.643. The Bertz CT molecular complexity index is 556. The van der Waals surface area contributed by atoms with Gasteiger partial charge in [-0.2, -0.15) is 0 Å². The standard InChI is InChI=1S/C21H34O2Si/c1-20(2,3)24(21(4,5)6)19(15-10-8-7-9-11-15)18-16(14-22)12-13-17(18)23-24/h7-11,16-19,22H,12-14H2,1-6H3/t16-,17+,18-,19-/m0/s1. The zero-order chi connectivity index (χ0) is 17.8. The van der Waals surface area contributed by atoms with E-state index in [1.165, 1.54) is 5.56 Å². The van der Waals surface area contributed by atoms with Gasteiger partial charge in [0.05, 0.1) is 0 Å². The Kier molecular flexibility index (Phi) is 4.51. The fourth-order valence-electron chi connectivity index (χ4n) is 6.02. The third-order valence-electron chi connectivity index (χ3n) is 6.58. The van der Waals surface area contributed by atoms with Crippen molar-refractivity contribution in [2.75, 3.05) is 6.61 Å².